The normalized spacial score (nSPS) is 14.5. The third-order valence-electron chi connectivity index (χ3n) is 1.85. The second-order valence-corrected chi connectivity index (χ2v) is 4.07. The van der Waals surface area contributed by atoms with E-state index in [0.717, 1.165) is 24.7 Å². The van der Waals surface area contributed by atoms with Crippen LogP contribution in [0.1, 0.15) is 13.8 Å². The smallest absolute Gasteiger partial charge is 0.0843 e. The van der Waals surface area contributed by atoms with Gasteiger partial charge in [-0.1, -0.05) is 12.2 Å². The lowest BCUT2D eigenvalue weighted by Gasteiger charge is -2.15. The van der Waals surface area contributed by atoms with E-state index in [9.17, 15) is 0 Å². The molecule has 0 spiro atoms. The summed E-state index contributed by atoms with van der Waals surface area (Å²) < 4.78 is 10.9. The molecule has 0 fully saturated rings. The van der Waals surface area contributed by atoms with Gasteiger partial charge in [-0.15, -0.1) is 13.2 Å². The number of ether oxygens (including phenoxy) is 2. The Balaban J connectivity index is 3.64. The van der Waals surface area contributed by atoms with E-state index in [1.165, 1.54) is 0 Å². The monoisotopic (exact) mass is 230 g/mol. The van der Waals surface area contributed by atoms with Gasteiger partial charge in [-0.3, -0.25) is 0 Å². The van der Waals surface area contributed by atoms with Gasteiger partial charge in [0.1, 0.15) is 0 Å². The maximum Gasteiger partial charge on any atom is 0.0843 e. The summed E-state index contributed by atoms with van der Waals surface area (Å²) in [6.45, 7) is 12.9. The third kappa shape index (κ3) is 7.65. The van der Waals surface area contributed by atoms with Crippen molar-refractivity contribution in [1.29, 1.82) is 0 Å². The Labute approximate surface area is 97.7 Å². The molecule has 2 unspecified atom stereocenters. The van der Waals surface area contributed by atoms with Crippen molar-refractivity contribution in [1.82, 2.24) is 0 Å². The summed E-state index contributed by atoms with van der Waals surface area (Å²) in [5, 5.41) is 0. The fraction of sp³-hybridized carbons (Fsp3) is 0.667. The first-order chi connectivity index (χ1) is 7.28. The first kappa shape index (κ1) is 14.8. The highest BCUT2D eigenvalue weighted by molar-refractivity contribution is 7.99. The zero-order valence-corrected chi connectivity index (χ0v) is 10.6. The largest absolute Gasteiger partial charge is 0.374 e. The molecule has 88 valence electrons. The Kier molecular flexibility index (Phi) is 10.1. The standard InChI is InChI=1S/C12H22O2S/c1-5-11(13-7-3)9-15-10-12(6-2)14-8-4/h5-6,11-12H,1-2,7-10H2,3-4H3. The summed E-state index contributed by atoms with van der Waals surface area (Å²) in [5.41, 5.74) is 0. The van der Waals surface area contributed by atoms with Crippen molar-refractivity contribution in [2.24, 2.45) is 0 Å². The zero-order chi connectivity index (χ0) is 11.5. The fourth-order valence-electron chi connectivity index (χ4n) is 1.10. The minimum Gasteiger partial charge on any atom is -0.374 e. The van der Waals surface area contributed by atoms with E-state index in [2.05, 4.69) is 13.2 Å². The summed E-state index contributed by atoms with van der Waals surface area (Å²) >= 11 is 1.81. The van der Waals surface area contributed by atoms with Crippen LogP contribution in [0.15, 0.2) is 25.3 Å². The number of hydrogen-bond donors (Lipinski definition) is 0. The lowest BCUT2D eigenvalue weighted by atomic mass is 10.4. The summed E-state index contributed by atoms with van der Waals surface area (Å²) in [7, 11) is 0. The molecule has 0 aromatic carbocycles. The van der Waals surface area contributed by atoms with Crippen LogP contribution in [0.3, 0.4) is 0 Å². The van der Waals surface area contributed by atoms with Gasteiger partial charge in [-0.2, -0.15) is 11.8 Å². The molecule has 0 aliphatic rings. The maximum atomic E-state index is 5.46. The molecule has 0 aromatic heterocycles. The Morgan fingerprint density at radius 3 is 1.67 bits per heavy atom. The van der Waals surface area contributed by atoms with E-state index in [0.29, 0.717) is 0 Å². The van der Waals surface area contributed by atoms with Gasteiger partial charge in [0.25, 0.3) is 0 Å². The van der Waals surface area contributed by atoms with Gasteiger partial charge in [0.15, 0.2) is 0 Å². The van der Waals surface area contributed by atoms with E-state index < -0.39 is 0 Å². The average molecular weight is 230 g/mol. The maximum absolute atomic E-state index is 5.46. The lowest BCUT2D eigenvalue weighted by molar-refractivity contribution is 0.109. The topological polar surface area (TPSA) is 18.5 Å². The van der Waals surface area contributed by atoms with Gasteiger partial charge in [0, 0.05) is 24.7 Å². The summed E-state index contributed by atoms with van der Waals surface area (Å²) in [4.78, 5) is 0. The lowest BCUT2D eigenvalue weighted by Crippen LogP contribution is -2.17. The number of thioether (sulfide) groups is 1. The molecule has 0 rings (SSSR count). The van der Waals surface area contributed by atoms with Crippen LogP contribution >= 0.6 is 11.8 Å². The first-order valence-electron chi connectivity index (χ1n) is 5.34. The molecule has 2 nitrogen and oxygen atoms in total. The van der Waals surface area contributed by atoms with E-state index in [1.807, 2.05) is 26.0 Å². The number of hydrogen-bond acceptors (Lipinski definition) is 3. The van der Waals surface area contributed by atoms with Crippen LogP contribution in [-0.4, -0.2) is 36.9 Å². The Morgan fingerprint density at radius 2 is 1.40 bits per heavy atom. The minimum absolute atomic E-state index is 0.145. The van der Waals surface area contributed by atoms with Crippen molar-refractivity contribution in [2.45, 2.75) is 26.1 Å². The summed E-state index contributed by atoms with van der Waals surface area (Å²) in [6, 6.07) is 0. The molecule has 2 atom stereocenters. The van der Waals surface area contributed by atoms with Crippen LogP contribution < -0.4 is 0 Å². The van der Waals surface area contributed by atoms with Crippen molar-refractivity contribution < 1.29 is 9.47 Å². The molecular weight excluding hydrogens is 208 g/mol. The van der Waals surface area contributed by atoms with E-state index >= 15 is 0 Å². The van der Waals surface area contributed by atoms with Crippen LogP contribution in [0.2, 0.25) is 0 Å². The molecule has 15 heavy (non-hydrogen) atoms. The van der Waals surface area contributed by atoms with Crippen molar-refractivity contribution in [3.05, 3.63) is 25.3 Å². The minimum atomic E-state index is 0.145. The zero-order valence-electron chi connectivity index (χ0n) is 9.78. The third-order valence-corrected chi connectivity index (χ3v) is 2.98. The molecule has 0 N–H and O–H groups in total. The quantitative estimate of drug-likeness (QED) is 0.538. The van der Waals surface area contributed by atoms with Crippen molar-refractivity contribution >= 4 is 11.8 Å². The average Bonchev–Trinajstić information content (AvgIpc) is 2.26. The van der Waals surface area contributed by atoms with Gasteiger partial charge >= 0.3 is 0 Å². The first-order valence-corrected chi connectivity index (χ1v) is 6.49. The molecule has 0 amide bonds. The molecular formula is C12H22O2S. The van der Waals surface area contributed by atoms with E-state index in [-0.39, 0.29) is 12.2 Å². The predicted molar refractivity (Wildman–Crippen MR) is 68.5 cm³/mol. The molecule has 3 heteroatoms. The van der Waals surface area contributed by atoms with E-state index in [4.69, 9.17) is 9.47 Å². The van der Waals surface area contributed by atoms with Gasteiger partial charge in [0.05, 0.1) is 12.2 Å². The molecule has 0 bridgehead atoms. The number of rotatable bonds is 10. The predicted octanol–water partition coefficient (Wildman–Crippen LogP) is 2.90. The molecule has 0 radical (unpaired) electrons. The van der Waals surface area contributed by atoms with E-state index in [1.54, 1.807) is 11.8 Å². The molecule has 0 saturated carbocycles. The Bertz CT molecular complexity index is 153. The molecule has 0 aliphatic carbocycles. The molecule has 0 aromatic rings. The Morgan fingerprint density at radius 1 is 1.00 bits per heavy atom. The van der Waals surface area contributed by atoms with Gasteiger partial charge in [-0.05, 0) is 13.8 Å². The van der Waals surface area contributed by atoms with Crippen molar-refractivity contribution in [2.75, 3.05) is 24.7 Å². The van der Waals surface area contributed by atoms with Crippen LogP contribution in [0.5, 0.6) is 0 Å². The second kappa shape index (κ2) is 10.3. The summed E-state index contributed by atoms with van der Waals surface area (Å²) in [5.74, 6) is 1.85. The van der Waals surface area contributed by atoms with Crippen LogP contribution in [0.4, 0.5) is 0 Å². The molecule has 0 heterocycles. The highest BCUT2D eigenvalue weighted by Gasteiger charge is 2.07. The van der Waals surface area contributed by atoms with Crippen molar-refractivity contribution in [3.63, 3.8) is 0 Å². The van der Waals surface area contributed by atoms with Crippen LogP contribution in [-0.2, 0) is 9.47 Å². The SMILES string of the molecule is C=CC(CSCC(C=C)OCC)OCC. The van der Waals surface area contributed by atoms with Gasteiger partial charge in [0.2, 0.25) is 0 Å². The van der Waals surface area contributed by atoms with Crippen LogP contribution in [0, 0.1) is 0 Å². The fourth-order valence-corrected chi connectivity index (χ4v) is 2.16. The van der Waals surface area contributed by atoms with Gasteiger partial charge in [-0.25, -0.2) is 0 Å². The van der Waals surface area contributed by atoms with Crippen LogP contribution in [0.25, 0.3) is 0 Å². The highest BCUT2D eigenvalue weighted by atomic mass is 32.2. The van der Waals surface area contributed by atoms with Crippen molar-refractivity contribution in [3.8, 4) is 0 Å². The highest BCUT2D eigenvalue weighted by Crippen LogP contribution is 2.11. The second-order valence-electron chi connectivity index (χ2n) is 3.00. The Hall–Kier alpha value is -0.250. The van der Waals surface area contributed by atoms with Gasteiger partial charge < -0.3 is 9.47 Å². The molecule has 0 aliphatic heterocycles. The molecule has 0 saturated heterocycles. The summed E-state index contributed by atoms with van der Waals surface area (Å²) in [6.07, 6.45) is 3.99.